The maximum absolute atomic E-state index is 15.7. The maximum Gasteiger partial charge on any atom is 0.308 e. The largest absolute Gasteiger partial charge is 0.465 e. The van der Waals surface area contributed by atoms with E-state index < -0.39 is 59.4 Å². The Kier molecular flexibility index (Phi) is 115. The van der Waals surface area contributed by atoms with Crippen molar-refractivity contribution in [3.63, 3.8) is 0 Å². The van der Waals surface area contributed by atoms with Crippen LogP contribution in [-0.2, 0) is 57.2 Å². The molecule has 0 radical (unpaired) electrons. The van der Waals surface area contributed by atoms with Crippen molar-refractivity contribution >= 4 is 35.8 Å². The van der Waals surface area contributed by atoms with Crippen molar-refractivity contribution in [2.75, 3.05) is 39.6 Å². The van der Waals surface area contributed by atoms with Gasteiger partial charge in [-0.2, -0.15) is 0 Å². The lowest BCUT2D eigenvalue weighted by Gasteiger charge is -2.29. The Balaban J connectivity index is 7.65. The number of esters is 6. The van der Waals surface area contributed by atoms with Crippen molar-refractivity contribution in [3.8, 4) is 0 Å². The van der Waals surface area contributed by atoms with Gasteiger partial charge in [-0.15, -0.1) is 0 Å². The molecule has 0 aromatic rings. The van der Waals surface area contributed by atoms with Gasteiger partial charge in [0.2, 0.25) is 0 Å². The van der Waals surface area contributed by atoms with Crippen LogP contribution >= 0.6 is 0 Å². The van der Waals surface area contributed by atoms with E-state index in [0.29, 0.717) is 51.7 Å². The first-order valence-electron chi connectivity index (χ1n) is 65.5. The molecule has 0 aliphatic carbocycles. The molecule has 143 heavy (non-hydrogen) atoms. The molecule has 0 saturated carbocycles. The molecule has 0 aliphatic heterocycles. The highest BCUT2D eigenvalue weighted by Crippen LogP contribution is 2.36. The fraction of sp³-hybridized carbons (Fsp3) is 0.954. The van der Waals surface area contributed by atoms with Crippen LogP contribution in [0, 0.1) is 35.5 Å². The van der Waals surface area contributed by atoms with Gasteiger partial charge in [0.05, 0.1) is 75.1 Å². The quantitative estimate of drug-likeness (QED) is 0.0323. The number of carbonyl (C=O) groups excluding carboxylic acids is 6. The molecule has 0 aliphatic rings. The van der Waals surface area contributed by atoms with Crippen molar-refractivity contribution in [3.05, 3.63) is 0 Å². The summed E-state index contributed by atoms with van der Waals surface area (Å²) in [5, 5.41) is 0. The third-order valence-electron chi connectivity index (χ3n) is 31.6. The van der Waals surface area contributed by atoms with Crippen LogP contribution in [0.15, 0.2) is 0 Å². The van der Waals surface area contributed by atoms with Gasteiger partial charge in [-0.3, -0.25) is 28.8 Å². The van der Waals surface area contributed by atoms with Crippen LogP contribution in [0.4, 0.5) is 0 Å². The van der Waals surface area contributed by atoms with E-state index in [-0.39, 0.29) is 70.5 Å². The van der Waals surface area contributed by atoms with Gasteiger partial charge in [-0.1, -0.05) is 646 Å². The first kappa shape index (κ1) is 140. The van der Waals surface area contributed by atoms with E-state index in [2.05, 4.69) is 55.4 Å². The summed E-state index contributed by atoms with van der Waals surface area (Å²) < 4.78 is 38.2. The number of ether oxygens (including phenoxy) is 6. The topological polar surface area (TPSA) is 158 Å². The van der Waals surface area contributed by atoms with Gasteiger partial charge in [0.25, 0.3) is 0 Å². The van der Waals surface area contributed by atoms with Crippen LogP contribution < -0.4 is 0 Å². The Morgan fingerprint density at radius 3 is 0.294 bits per heavy atom. The lowest BCUT2D eigenvalue weighted by Crippen LogP contribution is -2.34. The number of unbranched alkanes of at least 4 members (excludes halogenated alkanes) is 90. The number of hydrogen-bond donors (Lipinski definition) is 0. The Morgan fingerprint density at radius 2 is 0.196 bits per heavy atom. The molecule has 0 saturated heterocycles. The normalized spacial score (nSPS) is 12.9. The lowest BCUT2D eigenvalue weighted by atomic mass is 9.78. The molecule has 0 aromatic carbocycles. The second-order valence-electron chi connectivity index (χ2n) is 45.8. The zero-order valence-electron chi connectivity index (χ0n) is 97.9. The first-order valence-corrected chi connectivity index (χ1v) is 65.5. The van der Waals surface area contributed by atoms with E-state index in [1.54, 1.807) is 0 Å². The van der Waals surface area contributed by atoms with Crippen LogP contribution in [0.5, 0.6) is 0 Å². The van der Waals surface area contributed by atoms with Gasteiger partial charge in [-0.25, -0.2) is 0 Å². The average Bonchev–Trinajstić information content (AvgIpc) is 0.840. The van der Waals surface area contributed by atoms with Gasteiger partial charge >= 0.3 is 35.8 Å². The number of rotatable bonds is 122. The number of hydrogen-bond acceptors (Lipinski definition) is 12. The molecule has 0 aromatic heterocycles. The van der Waals surface area contributed by atoms with Crippen LogP contribution in [0.25, 0.3) is 0 Å². The predicted molar refractivity (Wildman–Crippen MR) is 617 cm³/mol. The summed E-state index contributed by atoms with van der Waals surface area (Å²) in [5.74, 6) is -7.52. The monoisotopic (exact) mass is 2020 g/mol. The molecule has 0 fully saturated rings. The average molecular weight is 2020 g/mol. The molecule has 0 bridgehead atoms. The minimum Gasteiger partial charge on any atom is -0.465 e. The Bertz CT molecular complexity index is 2400. The standard InChI is InChI=1S/C131H252O12/c1-9-17-23-29-35-41-47-53-59-65-71-77-83-89-95-101-109-138-126(132)120(107-15-7)115-122(128(134)140-111-103-97-91-85-79-73-67-61-55-49-43-37-31-25-19-11-3)117-124(130(136)142-113-105-99-93-87-81-75-69-63-57-51-45-39-33-27-21-13-5)119-125(131(137)143-114-106-100-94-88-82-76-70-64-58-52-46-40-34-28-22-14-6)118-123(129(135)141-112-104-98-92-86-80-74-68-62-56-50-44-38-32-26-20-12-4)116-121(108-16-8)127(133)139-110-102-96-90-84-78-72-66-60-54-48-42-36-30-24-18-10-2/h120-125H,9-119H2,1-8H3. The van der Waals surface area contributed by atoms with Crippen LogP contribution in [0.3, 0.4) is 0 Å². The molecular weight excluding hydrogens is 1770 g/mol. The van der Waals surface area contributed by atoms with Gasteiger partial charge in [0.15, 0.2) is 0 Å². The SMILES string of the molecule is CCCCCCCCCCCCCCCCCCOC(=O)C(CCC)CC(CC(CC(CC(CC(CCC)C(=O)OCCCCCCCCCCCCCCCCCC)C(=O)OCCCCCCCCCCCCCCCCCC)C(=O)OCCCCCCCCCCCCCCCCCC)C(=O)OCCCCCCCCCCCCCCCCCC)C(=O)OCCCCCCCCCCCCCCCCCC. The fourth-order valence-corrected chi connectivity index (χ4v) is 21.9. The Labute approximate surface area is 892 Å². The summed E-state index contributed by atoms with van der Waals surface area (Å²) in [7, 11) is 0. The molecule has 0 heterocycles. The highest BCUT2D eigenvalue weighted by molar-refractivity contribution is 5.80. The molecule has 0 rings (SSSR count). The summed E-state index contributed by atoms with van der Waals surface area (Å²) in [6.45, 7) is 19.4. The zero-order chi connectivity index (χ0) is 104. The van der Waals surface area contributed by atoms with E-state index in [1.165, 1.54) is 475 Å². The molecule has 6 atom stereocenters. The number of carbonyl (C=O) groups is 6. The summed E-state index contributed by atoms with van der Waals surface area (Å²) in [6.07, 6.45) is 122. The molecule has 6 unspecified atom stereocenters. The smallest absolute Gasteiger partial charge is 0.308 e. The van der Waals surface area contributed by atoms with Crippen LogP contribution in [-0.4, -0.2) is 75.5 Å². The van der Waals surface area contributed by atoms with Crippen molar-refractivity contribution in [1.82, 2.24) is 0 Å². The van der Waals surface area contributed by atoms with Crippen molar-refractivity contribution in [1.29, 1.82) is 0 Å². The highest BCUT2D eigenvalue weighted by Gasteiger charge is 2.40. The minimum absolute atomic E-state index is 0.0103. The molecule has 12 heteroatoms. The summed E-state index contributed by atoms with van der Waals surface area (Å²) in [4.78, 5) is 91.6. The molecular formula is C131H252O12. The van der Waals surface area contributed by atoms with Crippen molar-refractivity contribution < 1.29 is 57.2 Å². The predicted octanol–water partition coefficient (Wildman–Crippen LogP) is 43.1. The molecule has 848 valence electrons. The van der Waals surface area contributed by atoms with E-state index in [0.717, 1.165) is 128 Å². The summed E-state index contributed by atoms with van der Waals surface area (Å²) in [5.41, 5.74) is 0. The van der Waals surface area contributed by atoms with Gasteiger partial charge in [-0.05, 0) is 83.5 Å². The van der Waals surface area contributed by atoms with Gasteiger partial charge in [0, 0.05) is 0 Å². The molecule has 0 N–H and O–H groups in total. The van der Waals surface area contributed by atoms with Crippen molar-refractivity contribution in [2.24, 2.45) is 35.5 Å². The Hall–Kier alpha value is -3.18. The molecule has 12 nitrogen and oxygen atoms in total. The maximum atomic E-state index is 15.7. The van der Waals surface area contributed by atoms with E-state index in [4.69, 9.17) is 28.4 Å². The van der Waals surface area contributed by atoms with Gasteiger partial charge in [0.1, 0.15) is 0 Å². The summed E-state index contributed by atoms with van der Waals surface area (Å²) in [6, 6.07) is 0. The molecule has 0 amide bonds. The second kappa shape index (κ2) is 117. The van der Waals surface area contributed by atoms with Crippen molar-refractivity contribution in [2.45, 2.75) is 730 Å². The van der Waals surface area contributed by atoms with E-state index in [9.17, 15) is 9.59 Å². The summed E-state index contributed by atoms with van der Waals surface area (Å²) >= 11 is 0. The first-order chi connectivity index (χ1) is 70.5. The lowest BCUT2D eigenvalue weighted by molar-refractivity contribution is -0.156. The van der Waals surface area contributed by atoms with Crippen LogP contribution in [0.1, 0.15) is 730 Å². The van der Waals surface area contributed by atoms with E-state index >= 15 is 19.2 Å². The van der Waals surface area contributed by atoms with Gasteiger partial charge < -0.3 is 28.4 Å². The third kappa shape index (κ3) is 100. The molecule has 0 spiro atoms. The highest BCUT2D eigenvalue weighted by atomic mass is 16.6. The third-order valence-corrected chi connectivity index (χ3v) is 31.6. The minimum atomic E-state index is -1.00. The zero-order valence-corrected chi connectivity index (χ0v) is 97.9. The Morgan fingerprint density at radius 1 is 0.112 bits per heavy atom. The van der Waals surface area contributed by atoms with E-state index in [1.807, 2.05) is 0 Å². The van der Waals surface area contributed by atoms with Crippen LogP contribution in [0.2, 0.25) is 0 Å². The second-order valence-corrected chi connectivity index (χ2v) is 45.8. The fourth-order valence-electron chi connectivity index (χ4n) is 21.9.